The molecule has 1 aromatic carbocycles. The minimum Gasteiger partial charge on any atom is -0.368 e. The van der Waals surface area contributed by atoms with Crippen LogP contribution in [0.25, 0.3) is 0 Å². The Morgan fingerprint density at radius 2 is 2.09 bits per heavy atom. The predicted octanol–water partition coefficient (Wildman–Crippen LogP) is 2.97. The number of benzene rings is 1. The lowest BCUT2D eigenvalue weighted by molar-refractivity contribution is -0.124. The summed E-state index contributed by atoms with van der Waals surface area (Å²) >= 11 is 0. The van der Waals surface area contributed by atoms with Crippen LogP contribution in [0.15, 0.2) is 48.7 Å². The summed E-state index contributed by atoms with van der Waals surface area (Å²) in [4.78, 5) is 18.4. The fraction of sp³-hybridized carbons (Fsp3) is 0.294. The van der Waals surface area contributed by atoms with Gasteiger partial charge in [-0.05, 0) is 37.1 Å². The standard InChI is InChI=1S/C17H19N3O2/c1-20(14-6-3-2-4-7-14)16-10-9-13(12-18-16)19-17(21)15-8-5-11-22-15/h2-4,6-7,9-10,12,15H,5,8,11H2,1H3,(H,19,21). The van der Waals surface area contributed by atoms with Crippen LogP contribution in [0.5, 0.6) is 0 Å². The molecule has 3 rings (SSSR count). The van der Waals surface area contributed by atoms with Gasteiger partial charge in [-0.2, -0.15) is 0 Å². The summed E-state index contributed by atoms with van der Waals surface area (Å²) in [5.74, 6) is 0.727. The number of hydrogen-bond donors (Lipinski definition) is 1. The smallest absolute Gasteiger partial charge is 0.253 e. The lowest BCUT2D eigenvalue weighted by Crippen LogP contribution is -2.26. The first-order valence-corrected chi connectivity index (χ1v) is 7.41. The van der Waals surface area contributed by atoms with Crippen molar-refractivity contribution in [3.05, 3.63) is 48.7 Å². The zero-order valence-corrected chi connectivity index (χ0v) is 12.5. The summed E-state index contributed by atoms with van der Waals surface area (Å²) in [6.07, 6.45) is 3.07. The Morgan fingerprint density at radius 1 is 1.27 bits per heavy atom. The maximum Gasteiger partial charge on any atom is 0.253 e. The minimum absolute atomic E-state index is 0.0940. The molecule has 1 atom stereocenters. The van der Waals surface area contributed by atoms with E-state index >= 15 is 0 Å². The molecule has 1 aromatic heterocycles. The van der Waals surface area contributed by atoms with E-state index in [1.807, 2.05) is 54.4 Å². The number of nitrogens with one attached hydrogen (secondary N) is 1. The lowest BCUT2D eigenvalue weighted by atomic mass is 10.2. The van der Waals surface area contributed by atoms with E-state index in [2.05, 4.69) is 10.3 Å². The molecule has 2 heterocycles. The molecule has 0 saturated carbocycles. The Balaban J connectivity index is 1.66. The number of rotatable bonds is 4. The van der Waals surface area contributed by atoms with Gasteiger partial charge >= 0.3 is 0 Å². The molecule has 1 aliphatic heterocycles. The first kappa shape index (κ1) is 14.5. The van der Waals surface area contributed by atoms with Crippen LogP contribution in [0.4, 0.5) is 17.2 Å². The normalized spacial score (nSPS) is 17.2. The van der Waals surface area contributed by atoms with Gasteiger partial charge in [0.2, 0.25) is 0 Å². The van der Waals surface area contributed by atoms with Gasteiger partial charge in [-0.3, -0.25) is 4.79 Å². The van der Waals surface area contributed by atoms with Crippen LogP contribution in [0.3, 0.4) is 0 Å². The Bertz CT molecular complexity index is 622. The average Bonchev–Trinajstić information content (AvgIpc) is 3.10. The summed E-state index contributed by atoms with van der Waals surface area (Å²) in [7, 11) is 1.96. The molecular formula is C17H19N3O2. The molecule has 1 N–H and O–H groups in total. The zero-order chi connectivity index (χ0) is 15.4. The van der Waals surface area contributed by atoms with Gasteiger partial charge in [0, 0.05) is 19.3 Å². The fourth-order valence-electron chi connectivity index (χ4n) is 2.45. The largest absolute Gasteiger partial charge is 0.368 e. The topological polar surface area (TPSA) is 54.5 Å². The van der Waals surface area contributed by atoms with Crippen LogP contribution >= 0.6 is 0 Å². The van der Waals surface area contributed by atoms with Gasteiger partial charge in [-0.15, -0.1) is 0 Å². The number of para-hydroxylation sites is 1. The van der Waals surface area contributed by atoms with Crippen molar-refractivity contribution in [2.24, 2.45) is 0 Å². The quantitative estimate of drug-likeness (QED) is 0.942. The maximum atomic E-state index is 12.0. The molecule has 1 aliphatic rings. The van der Waals surface area contributed by atoms with Crippen LogP contribution in [0.2, 0.25) is 0 Å². The molecule has 5 nitrogen and oxygen atoms in total. The number of nitrogens with zero attached hydrogens (tertiary/aromatic N) is 2. The first-order chi connectivity index (χ1) is 10.7. The van der Waals surface area contributed by atoms with Crippen molar-refractivity contribution in [1.29, 1.82) is 0 Å². The number of carbonyl (C=O) groups is 1. The molecule has 1 amide bonds. The van der Waals surface area contributed by atoms with E-state index in [9.17, 15) is 4.79 Å². The Labute approximate surface area is 129 Å². The highest BCUT2D eigenvalue weighted by molar-refractivity contribution is 5.94. The van der Waals surface area contributed by atoms with Crippen LogP contribution in [-0.4, -0.2) is 30.6 Å². The van der Waals surface area contributed by atoms with Crippen LogP contribution < -0.4 is 10.2 Å². The van der Waals surface area contributed by atoms with Gasteiger partial charge in [0.15, 0.2) is 0 Å². The molecule has 0 spiro atoms. The van der Waals surface area contributed by atoms with Crippen molar-refractivity contribution in [2.45, 2.75) is 18.9 Å². The number of carbonyl (C=O) groups excluding carboxylic acids is 1. The molecule has 5 heteroatoms. The van der Waals surface area contributed by atoms with Crippen molar-refractivity contribution in [3.8, 4) is 0 Å². The number of anilines is 3. The maximum absolute atomic E-state index is 12.0. The third kappa shape index (κ3) is 3.26. The highest BCUT2D eigenvalue weighted by atomic mass is 16.5. The second-order valence-electron chi connectivity index (χ2n) is 5.29. The third-order valence-corrected chi connectivity index (χ3v) is 3.72. The summed E-state index contributed by atoms with van der Waals surface area (Å²) < 4.78 is 5.37. The van der Waals surface area contributed by atoms with Gasteiger partial charge in [0.05, 0.1) is 11.9 Å². The summed E-state index contributed by atoms with van der Waals surface area (Å²) in [6, 6.07) is 13.7. The van der Waals surface area contributed by atoms with Gasteiger partial charge in [-0.25, -0.2) is 4.98 Å². The van der Waals surface area contributed by atoms with E-state index in [4.69, 9.17) is 4.74 Å². The molecule has 0 bridgehead atoms. The van der Waals surface area contributed by atoms with Crippen molar-refractivity contribution < 1.29 is 9.53 Å². The zero-order valence-electron chi connectivity index (χ0n) is 12.5. The van der Waals surface area contributed by atoms with Gasteiger partial charge in [0.1, 0.15) is 11.9 Å². The second kappa shape index (κ2) is 6.58. The number of aromatic nitrogens is 1. The predicted molar refractivity (Wildman–Crippen MR) is 86.3 cm³/mol. The summed E-state index contributed by atoms with van der Waals surface area (Å²) in [6.45, 7) is 0.664. The van der Waals surface area contributed by atoms with Crippen molar-refractivity contribution in [2.75, 3.05) is 23.9 Å². The first-order valence-electron chi connectivity index (χ1n) is 7.41. The lowest BCUT2D eigenvalue weighted by Gasteiger charge is -2.18. The van der Waals surface area contributed by atoms with Crippen LogP contribution in [-0.2, 0) is 9.53 Å². The third-order valence-electron chi connectivity index (χ3n) is 3.72. The molecule has 114 valence electrons. The number of ether oxygens (including phenoxy) is 1. The minimum atomic E-state index is -0.327. The van der Waals surface area contributed by atoms with Crippen molar-refractivity contribution in [3.63, 3.8) is 0 Å². The highest BCUT2D eigenvalue weighted by Crippen LogP contribution is 2.22. The Morgan fingerprint density at radius 3 is 2.73 bits per heavy atom. The van der Waals surface area contributed by atoms with Gasteiger partial charge in [-0.1, -0.05) is 18.2 Å². The Hall–Kier alpha value is -2.40. The van der Waals surface area contributed by atoms with Crippen molar-refractivity contribution in [1.82, 2.24) is 4.98 Å². The molecule has 1 saturated heterocycles. The fourth-order valence-corrected chi connectivity index (χ4v) is 2.45. The molecule has 0 radical (unpaired) electrons. The van der Waals surface area contributed by atoms with E-state index < -0.39 is 0 Å². The highest BCUT2D eigenvalue weighted by Gasteiger charge is 2.23. The van der Waals surface area contributed by atoms with E-state index in [0.29, 0.717) is 12.3 Å². The molecular weight excluding hydrogens is 278 g/mol. The van der Waals surface area contributed by atoms with Crippen LogP contribution in [0.1, 0.15) is 12.8 Å². The number of hydrogen-bond acceptors (Lipinski definition) is 4. The van der Waals surface area contributed by atoms with E-state index in [0.717, 1.165) is 24.3 Å². The molecule has 22 heavy (non-hydrogen) atoms. The summed E-state index contributed by atoms with van der Waals surface area (Å²) in [5, 5.41) is 2.84. The molecule has 0 aliphatic carbocycles. The number of amides is 1. The van der Waals surface area contributed by atoms with E-state index in [1.54, 1.807) is 6.20 Å². The van der Waals surface area contributed by atoms with Crippen LogP contribution in [0, 0.1) is 0 Å². The van der Waals surface area contributed by atoms with Gasteiger partial charge < -0.3 is 15.0 Å². The molecule has 1 fully saturated rings. The summed E-state index contributed by atoms with van der Waals surface area (Å²) in [5.41, 5.74) is 1.75. The number of pyridine rings is 1. The van der Waals surface area contributed by atoms with Crippen molar-refractivity contribution >= 4 is 23.1 Å². The average molecular weight is 297 g/mol. The SMILES string of the molecule is CN(c1ccccc1)c1ccc(NC(=O)C2CCCO2)cn1. The molecule has 1 unspecified atom stereocenters. The van der Waals surface area contributed by atoms with E-state index in [-0.39, 0.29) is 12.0 Å². The monoisotopic (exact) mass is 297 g/mol. The molecule has 2 aromatic rings. The second-order valence-corrected chi connectivity index (χ2v) is 5.29. The Kier molecular flexibility index (Phi) is 4.34. The van der Waals surface area contributed by atoms with E-state index in [1.165, 1.54) is 0 Å². The van der Waals surface area contributed by atoms with Gasteiger partial charge in [0.25, 0.3) is 5.91 Å².